The monoisotopic (exact) mass is 1790 g/mol. The van der Waals surface area contributed by atoms with Crippen molar-refractivity contribution in [3.8, 4) is 0 Å². The van der Waals surface area contributed by atoms with Crippen LogP contribution in [0.3, 0.4) is 0 Å². The van der Waals surface area contributed by atoms with Crippen LogP contribution >= 0.6 is 0 Å². The van der Waals surface area contributed by atoms with E-state index in [-0.39, 0.29) is 38.5 Å². The normalized spacial score (nSPS) is 41.6. The Bertz CT molecular complexity index is 3210. The van der Waals surface area contributed by atoms with E-state index in [1.54, 1.807) is 27.7 Å². The molecule has 41 nitrogen and oxygen atoms in total. The molecule has 0 amide bonds. The Balaban J connectivity index is 1.39. The summed E-state index contributed by atoms with van der Waals surface area (Å²) in [6, 6.07) is 0. The van der Waals surface area contributed by atoms with Crippen molar-refractivity contribution in [2.75, 3.05) is 33.0 Å². The van der Waals surface area contributed by atoms with Crippen LogP contribution in [0, 0.1) is 29.6 Å². The van der Waals surface area contributed by atoms with Gasteiger partial charge in [0.25, 0.3) is 0 Å². The van der Waals surface area contributed by atoms with Gasteiger partial charge in [-0.25, -0.2) is 0 Å². The molecule has 8 saturated heterocycles. The van der Waals surface area contributed by atoms with E-state index in [4.69, 9.17) is 94.7 Å². The molecule has 0 spiro atoms. The van der Waals surface area contributed by atoms with Crippen LogP contribution in [-0.2, 0) is 124 Å². The van der Waals surface area contributed by atoms with Crippen LogP contribution in [0.15, 0.2) is 0 Å². The quantitative estimate of drug-likeness (QED) is 0.0286. The number of hydrogen-bond acceptors (Lipinski definition) is 41. The summed E-state index contributed by atoms with van der Waals surface area (Å²) in [5.74, 6) is -11.0. The van der Waals surface area contributed by atoms with E-state index in [9.17, 15) is 101 Å². The fourth-order valence-electron chi connectivity index (χ4n) is 15.3. The van der Waals surface area contributed by atoms with E-state index in [2.05, 4.69) is 0 Å². The maximum absolute atomic E-state index is 15.1. The number of aliphatic hydroxyl groups excluding tert-OH is 15. The average molecular weight is 1790 g/mol. The van der Waals surface area contributed by atoms with Gasteiger partial charge in [-0.1, -0.05) is 120 Å². The van der Waals surface area contributed by atoms with Crippen molar-refractivity contribution in [1.82, 2.24) is 0 Å². The first-order valence-corrected chi connectivity index (χ1v) is 44.2. The van der Waals surface area contributed by atoms with Crippen molar-refractivity contribution >= 4 is 35.8 Å². The third-order valence-corrected chi connectivity index (χ3v) is 24.8. The Hall–Kier alpha value is -4.34. The van der Waals surface area contributed by atoms with Gasteiger partial charge < -0.3 is 171 Å². The number of carbonyl (C=O) groups excluding carboxylic acids is 6. The molecule has 0 radical (unpaired) electrons. The summed E-state index contributed by atoms with van der Waals surface area (Å²) >= 11 is 0. The summed E-state index contributed by atoms with van der Waals surface area (Å²) in [6.07, 6.45) is -64.0. The molecule has 8 rings (SSSR count). The number of ether oxygens (including phenoxy) is 20. The molecule has 0 aromatic heterocycles. The highest BCUT2D eigenvalue weighted by Crippen LogP contribution is 2.43. The molecule has 0 saturated carbocycles. The van der Waals surface area contributed by atoms with Crippen LogP contribution in [0.5, 0.6) is 0 Å². The minimum absolute atomic E-state index is 0.0993. The molecule has 0 aromatic rings. The van der Waals surface area contributed by atoms with Gasteiger partial charge >= 0.3 is 35.8 Å². The molecular weight excluding hydrogens is 1650 g/mol. The highest BCUT2D eigenvalue weighted by molar-refractivity contribution is 5.75. The van der Waals surface area contributed by atoms with Gasteiger partial charge in [-0.3, -0.25) is 28.8 Å². The topological polar surface area (TPSA) is 590 Å². The molecule has 0 aromatic carbocycles. The zero-order chi connectivity index (χ0) is 91.4. The lowest BCUT2D eigenvalue weighted by molar-refractivity contribution is -0.414. The SMILES string of the molecule is CCCC[C@H]1CCCCCCCCCCC(=O)O[C@@H]2[C@@H](O[C@H]3[C@H](O)[C@@H](COC(=O)[C@H](C)[C@@H](C)O)O[C@@H](O[C@H]4[C@H](O1)O[C@H](C)[C@@H](O)[C@@H]4O)[C@@H]3O[C@@H]1O[C@@H](C)[C@H](OC(=O)[C@@H](C)CC)[C@@H](O[C@@H]3O[C@H](CO)[C@@H](O)[C@H](O)[C@H]3O)[C@H]1OC(=O)[C@@H](C)CC)O[C@@H](CO[C@@H]1O[C@H](CO[C@@H]3O[C@H](CO)[C@@H](O)[C@H](O)[C@H]3O)[C@@H](O)[C@H](O)[C@H]1O)[C@H](OC(=O)[C@@H](C)CC)[C@H]2OC(=O)[C@@H](C)CC. The van der Waals surface area contributed by atoms with Crippen LogP contribution in [0.25, 0.3) is 0 Å². The molecule has 15 N–H and O–H groups in total. The van der Waals surface area contributed by atoms with Crippen molar-refractivity contribution in [2.45, 2.75) is 426 Å². The van der Waals surface area contributed by atoms with Crippen molar-refractivity contribution in [3.63, 3.8) is 0 Å². The van der Waals surface area contributed by atoms with Crippen LogP contribution in [0.1, 0.15) is 199 Å². The number of carbonyl (C=O) groups is 6. The van der Waals surface area contributed by atoms with Gasteiger partial charge in [-0.05, 0) is 72.6 Å². The average Bonchev–Trinajstić information content (AvgIpc) is 0.752. The lowest BCUT2D eigenvalue weighted by Crippen LogP contribution is -2.70. The van der Waals surface area contributed by atoms with E-state index in [1.807, 2.05) is 6.92 Å². The van der Waals surface area contributed by atoms with Crippen molar-refractivity contribution in [2.24, 2.45) is 29.6 Å². The molecule has 124 heavy (non-hydrogen) atoms. The second-order valence-corrected chi connectivity index (χ2v) is 34.2. The number of rotatable bonds is 31. The van der Waals surface area contributed by atoms with Crippen molar-refractivity contribution in [3.05, 3.63) is 0 Å². The second-order valence-electron chi connectivity index (χ2n) is 34.2. The molecule has 8 aliphatic heterocycles. The highest BCUT2D eigenvalue weighted by atomic mass is 16.8. The Kier molecular flexibility index (Phi) is 42.2. The minimum atomic E-state index is -2.40. The standard InChI is InChI=1S/C83H140O41/c1-14-19-28-44-29-26-24-22-20-21-23-25-27-30-50(87)116-70-68(119-74(102)38(8)17-4)64(118-73(101)37(7)16-3)49(35-107-78-61(98)58(95)54(91)47(113-78)34-106-77-60(97)56(93)52(89)45(31-84)111-77)115-83(70)121-65-55(92)48(33-105-76(104)40(10)41(11)86)114-82(122-66-59(96)51(88)42(12)108-80(66)110-44)69(65)124-81-71(120-75(103)39(9)18-5)67(63(43(13)109-81)117-72(100)36(6)15-2)123-79-62(99)57(94)53(90)46(32-85)112-79/h36-49,51-71,77-86,88-99H,14-35H2,1-13H3/t36-,37-,38-,39-,40+,41+,42+,43-,44-,45+,46+,47+,48+,49-,51+,52+,53+,54+,55+,56-,57-,58-,59-,60+,61+,62+,63-,64-,65-,66+,67+,68+,69+,70-,71+,77+,78+,79-,80-,81-,82-,83+/m0/s1. The van der Waals surface area contributed by atoms with Gasteiger partial charge in [-0.2, -0.15) is 0 Å². The summed E-state index contributed by atoms with van der Waals surface area (Å²) in [5.41, 5.74) is 0. The smallest absolute Gasteiger partial charge is 0.311 e. The summed E-state index contributed by atoms with van der Waals surface area (Å²) in [5, 5.41) is 170. The number of unbranched alkanes of at least 4 members (excludes halogenated alkanes) is 1. The molecule has 8 heterocycles. The third kappa shape index (κ3) is 27.0. The Morgan fingerprint density at radius 1 is 0.379 bits per heavy atom. The maximum atomic E-state index is 15.1. The predicted octanol–water partition coefficient (Wildman–Crippen LogP) is -1.22. The molecule has 718 valence electrons. The Labute approximate surface area is 722 Å². The van der Waals surface area contributed by atoms with Crippen molar-refractivity contribution in [1.29, 1.82) is 0 Å². The zero-order valence-electron chi connectivity index (χ0n) is 73.1. The van der Waals surface area contributed by atoms with Gasteiger partial charge in [0.05, 0.1) is 80.4 Å². The molecule has 41 heteroatoms. The first-order chi connectivity index (χ1) is 58.9. The molecule has 8 aliphatic rings. The second kappa shape index (κ2) is 49.8. The first kappa shape index (κ1) is 105. The van der Waals surface area contributed by atoms with E-state index >= 15 is 4.79 Å². The van der Waals surface area contributed by atoms with Gasteiger partial charge in [0.15, 0.2) is 74.6 Å². The van der Waals surface area contributed by atoms with E-state index in [0.717, 1.165) is 32.1 Å². The van der Waals surface area contributed by atoms with Gasteiger partial charge in [0.1, 0.15) is 135 Å². The predicted molar refractivity (Wildman–Crippen MR) is 419 cm³/mol. The lowest BCUT2D eigenvalue weighted by atomic mass is 9.94. The van der Waals surface area contributed by atoms with Crippen LogP contribution in [0.4, 0.5) is 0 Å². The van der Waals surface area contributed by atoms with Crippen molar-refractivity contribution < 1.29 is 200 Å². The molecule has 42 atom stereocenters. The fourth-order valence-corrected chi connectivity index (χ4v) is 15.3. The van der Waals surface area contributed by atoms with E-state index in [1.165, 1.54) is 55.4 Å². The summed E-state index contributed by atoms with van der Waals surface area (Å²) in [4.78, 5) is 87.7. The van der Waals surface area contributed by atoms with E-state index < -0.39 is 326 Å². The largest absolute Gasteiger partial charge is 0.463 e. The number of hydrogen-bond donors (Lipinski definition) is 15. The van der Waals surface area contributed by atoms with E-state index in [0.29, 0.717) is 38.5 Å². The minimum Gasteiger partial charge on any atom is -0.463 e. The molecular formula is C83H140O41. The lowest BCUT2D eigenvalue weighted by Gasteiger charge is -2.52. The molecule has 0 aliphatic carbocycles. The number of esters is 6. The van der Waals surface area contributed by atoms with Gasteiger partial charge in [-0.15, -0.1) is 0 Å². The number of aliphatic hydroxyl groups is 15. The summed E-state index contributed by atoms with van der Waals surface area (Å²) in [6.45, 7) is 15.4. The maximum Gasteiger partial charge on any atom is 0.311 e. The third-order valence-electron chi connectivity index (χ3n) is 24.8. The van der Waals surface area contributed by atoms with Crippen LogP contribution < -0.4 is 0 Å². The van der Waals surface area contributed by atoms with Crippen LogP contribution in [-0.4, -0.2) is 373 Å². The number of fused-ring (bicyclic) bond motifs is 4. The van der Waals surface area contributed by atoms with Gasteiger partial charge in [0, 0.05) is 6.42 Å². The van der Waals surface area contributed by atoms with Gasteiger partial charge in [0.2, 0.25) is 0 Å². The fraction of sp³-hybridized carbons (Fsp3) is 0.928. The Morgan fingerprint density at radius 2 is 0.823 bits per heavy atom. The summed E-state index contributed by atoms with van der Waals surface area (Å²) in [7, 11) is 0. The van der Waals surface area contributed by atoms with Crippen LogP contribution in [0.2, 0.25) is 0 Å². The summed E-state index contributed by atoms with van der Waals surface area (Å²) < 4.78 is 129. The highest BCUT2D eigenvalue weighted by Gasteiger charge is 2.62. The Morgan fingerprint density at radius 3 is 1.35 bits per heavy atom. The molecule has 8 fully saturated rings. The molecule has 0 unspecified atom stereocenters. The molecule has 2 bridgehead atoms. The first-order valence-electron chi connectivity index (χ1n) is 44.2. The zero-order valence-corrected chi connectivity index (χ0v) is 73.1.